The van der Waals surface area contributed by atoms with Crippen LogP contribution in [0.5, 0.6) is 0 Å². The number of halogens is 6. The Hall–Kier alpha value is -3.51. The largest absolute Gasteiger partial charge is 0.416 e. The number of aryl methyl sites for hydroxylation is 2. The summed E-state index contributed by atoms with van der Waals surface area (Å²) in [7, 11) is 0. The molecule has 7 nitrogen and oxygen atoms in total. The van der Waals surface area contributed by atoms with E-state index in [4.69, 9.17) is 0 Å². The maximum Gasteiger partial charge on any atom is 0.416 e. The highest BCUT2D eigenvalue weighted by molar-refractivity contribution is 5.78. The molecule has 0 fully saturated rings. The summed E-state index contributed by atoms with van der Waals surface area (Å²) in [4.78, 5) is 29.3. The fraction of sp³-hybridized carbons (Fsp3) is 0.381. The summed E-state index contributed by atoms with van der Waals surface area (Å²) in [5, 5.41) is 9.83. The van der Waals surface area contributed by atoms with Crippen molar-refractivity contribution in [2.24, 2.45) is 0 Å². The van der Waals surface area contributed by atoms with Crippen LogP contribution in [0.25, 0.3) is 11.3 Å². The Kier molecular flexibility index (Phi) is 7.52. The lowest BCUT2D eigenvalue weighted by Gasteiger charge is -2.14. The van der Waals surface area contributed by atoms with Gasteiger partial charge in [0.1, 0.15) is 5.82 Å². The number of aromatic nitrogens is 5. The van der Waals surface area contributed by atoms with Crippen LogP contribution in [-0.2, 0) is 30.4 Å². The molecule has 0 unspecified atom stereocenters. The van der Waals surface area contributed by atoms with Crippen molar-refractivity contribution in [1.82, 2.24) is 25.0 Å². The maximum atomic E-state index is 12.8. The van der Waals surface area contributed by atoms with Crippen molar-refractivity contribution in [3.63, 3.8) is 0 Å². The highest BCUT2D eigenvalue weighted by Gasteiger charge is 2.30. The van der Waals surface area contributed by atoms with Crippen LogP contribution in [-0.4, -0.2) is 36.9 Å². The SMILES string of the molecule is O=C(CCc1cn[nH]n1)Cn1c(CCCC(F)(F)F)nc(-c2ccc(C(F)(F)F)cc2)cc1=O. The second kappa shape index (κ2) is 10.2. The van der Waals surface area contributed by atoms with Crippen molar-refractivity contribution in [3.05, 3.63) is 64.0 Å². The molecule has 0 aliphatic heterocycles. The Morgan fingerprint density at radius 1 is 1.03 bits per heavy atom. The van der Waals surface area contributed by atoms with Crippen molar-refractivity contribution in [3.8, 4) is 11.3 Å². The molecule has 0 aliphatic carbocycles. The summed E-state index contributed by atoms with van der Waals surface area (Å²) in [5.41, 5.74) is -0.866. The molecule has 1 aromatic carbocycles. The van der Waals surface area contributed by atoms with E-state index in [1.165, 1.54) is 6.20 Å². The number of aromatic amines is 1. The van der Waals surface area contributed by atoms with Crippen LogP contribution in [0, 0.1) is 0 Å². The average Bonchev–Trinajstić information content (AvgIpc) is 3.26. The summed E-state index contributed by atoms with van der Waals surface area (Å²) in [6.45, 7) is -0.404. The van der Waals surface area contributed by atoms with Gasteiger partial charge in [0.05, 0.1) is 29.7 Å². The second-order valence-corrected chi connectivity index (χ2v) is 7.53. The zero-order valence-electron chi connectivity index (χ0n) is 17.6. The number of nitrogens with zero attached hydrogens (tertiary/aromatic N) is 4. The Morgan fingerprint density at radius 2 is 1.74 bits per heavy atom. The number of ketones is 1. The van der Waals surface area contributed by atoms with Gasteiger partial charge in [-0.1, -0.05) is 12.1 Å². The molecule has 0 spiro atoms. The van der Waals surface area contributed by atoms with Gasteiger partial charge in [-0.05, 0) is 18.6 Å². The summed E-state index contributed by atoms with van der Waals surface area (Å²) in [5.74, 6) is -0.423. The molecule has 0 aliphatic rings. The summed E-state index contributed by atoms with van der Waals surface area (Å²) >= 11 is 0. The van der Waals surface area contributed by atoms with Crippen LogP contribution >= 0.6 is 0 Å². The molecule has 0 saturated heterocycles. The number of alkyl halides is 6. The lowest BCUT2D eigenvalue weighted by molar-refractivity contribution is -0.137. The third-order valence-corrected chi connectivity index (χ3v) is 4.92. The van der Waals surface area contributed by atoms with Crippen molar-refractivity contribution >= 4 is 5.78 Å². The van der Waals surface area contributed by atoms with Gasteiger partial charge in [-0.2, -0.15) is 41.8 Å². The molecule has 3 rings (SSSR count). The van der Waals surface area contributed by atoms with Crippen molar-refractivity contribution in [2.75, 3.05) is 0 Å². The molecule has 13 heteroatoms. The van der Waals surface area contributed by atoms with Gasteiger partial charge in [0.2, 0.25) is 0 Å². The van der Waals surface area contributed by atoms with E-state index >= 15 is 0 Å². The normalized spacial score (nSPS) is 12.2. The molecule has 0 atom stereocenters. The minimum Gasteiger partial charge on any atom is -0.298 e. The van der Waals surface area contributed by atoms with E-state index in [1.54, 1.807) is 0 Å². The summed E-state index contributed by atoms with van der Waals surface area (Å²) in [6.07, 6.45) is -9.00. The van der Waals surface area contributed by atoms with Gasteiger partial charge in [-0.15, -0.1) is 0 Å². The summed E-state index contributed by atoms with van der Waals surface area (Å²) in [6, 6.07) is 4.92. The minimum atomic E-state index is -4.55. The highest BCUT2D eigenvalue weighted by Crippen LogP contribution is 2.30. The predicted molar refractivity (Wildman–Crippen MR) is 108 cm³/mol. The molecule has 3 aromatic rings. The van der Waals surface area contributed by atoms with E-state index in [0.29, 0.717) is 5.69 Å². The van der Waals surface area contributed by atoms with E-state index < -0.39 is 36.4 Å². The number of rotatable bonds is 9. The number of benzene rings is 1. The Labute approximate surface area is 188 Å². The number of H-pyrrole nitrogens is 1. The molecule has 0 radical (unpaired) electrons. The number of carbonyl (C=O) groups excluding carboxylic acids is 1. The quantitative estimate of drug-likeness (QED) is 0.458. The van der Waals surface area contributed by atoms with Gasteiger partial charge in [0.25, 0.3) is 5.56 Å². The van der Waals surface area contributed by atoms with Crippen molar-refractivity contribution in [2.45, 2.75) is 51.0 Å². The van der Waals surface area contributed by atoms with Crippen molar-refractivity contribution in [1.29, 1.82) is 0 Å². The van der Waals surface area contributed by atoms with Crippen LogP contribution < -0.4 is 5.56 Å². The van der Waals surface area contributed by atoms with Crippen LogP contribution in [0.3, 0.4) is 0 Å². The van der Waals surface area contributed by atoms with E-state index in [2.05, 4.69) is 20.4 Å². The first kappa shape index (κ1) is 25.1. The van der Waals surface area contributed by atoms with E-state index in [-0.39, 0.29) is 48.5 Å². The number of carbonyl (C=O) groups is 1. The third-order valence-electron chi connectivity index (χ3n) is 4.92. The van der Waals surface area contributed by atoms with Gasteiger partial charge in [-0.25, -0.2) is 4.98 Å². The maximum absolute atomic E-state index is 12.8. The monoisotopic (exact) mass is 487 g/mol. The molecular formula is C21H19F6N5O2. The number of nitrogens with one attached hydrogen (secondary N) is 1. The van der Waals surface area contributed by atoms with E-state index in [1.807, 2.05) is 0 Å². The highest BCUT2D eigenvalue weighted by atomic mass is 19.4. The third kappa shape index (κ3) is 6.99. The van der Waals surface area contributed by atoms with Gasteiger partial charge in [-0.3, -0.25) is 14.2 Å². The number of hydrogen-bond donors (Lipinski definition) is 1. The molecule has 0 bridgehead atoms. The lowest BCUT2D eigenvalue weighted by Crippen LogP contribution is -2.28. The Balaban J connectivity index is 1.86. The zero-order valence-corrected chi connectivity index (χ0v) is 17.6. The molecular weight excluding hydrogens is 468 g/mol. The van der Waals surface area contributed by atoms with E-state index in [9.17, 15) is 35.9 Å². The molecule has 0 amide bonds. The lowest BCUT2D eigenvalue weighted by atomic mass is 10.1. The van der Waals surface area contributed by atoms with Gasteiger partial charge in [0, 0.05) is 37.3 Å². The van der Waals surface area contributed by atoms with Crippen LogP contribution in [0.2, 0.25) is 0 Å². The van der Waals surface area contributed by atoms with Gasteiger partial charge < -0.3 is 0 Å². The fourth-order valence-electron chi connectivity index (χ4n) is 3.21. The smallest absolute Gasteiger partial charge is 0.298 e. The Morgan fingerprint density at radius 3 is 2.32 bits per heavy atom. The molecule has 2 aromatic heterocycles. The van der Waals surface area contributed by atoms with Crippen LogP contribution in [0.1, 0.15) is 36.3 Å². The standard InChI is InChI=1S/C21H19F6N5O2/c22-20(23,24)9-1-2-18-29-17(13-3-5-14(6-4-13)21(25,26)27)10-19(34)32(18)12-16(33)8-7-15-11-28-31-30-15/h3-6,10-11H,1-2,7-9,12H2,(H,28,30,31). The van der Waals surface area contributed by atoms with Crippen LogP contribution in [0.15, 0.2) is 41.3 Å². The number of hydrogen-bond acceptors (Lipinski definition) is 5. The van der Waals surface area contributed by atoms with Gasteiger partial charge >= 0.3 is 12.4 Å². The first-order chi connectivity index (χ1) is 15.9. The molecule has 182 valence electrons. The van der Waals surface area contributed by atoms with Crippen molar-refractivity contribution < 1.29 is 31.1 Å². The molecule has 34 heavy (non-hydrogen) atoms. The first-order valence-electron chi connectivity index (χ1n) is 10.1. The molecule has 1 N–H and O–H groups in total. The zero-order chi connectivity index (χ0) is 24.9. The first-order valence-corrected chi connectivity index (χ1v) is 10.1. The second-order valence-electron chi connectivity index (χ2n) is 7.53. The predicted octanol–water partition coefficient (Wildman–Crippen LogP) is 4.13. The van der Waals surface area contributed by atoms with Crippen LogP contribution in [0.4, 0.5) is 26.3 Å². The fourth-order valence-corrected chi connectivity index (χ4v) is 3.21. The minimum absolute atomic E-state index is 0.00651. The van der Waals surface area contributed by atoms with E-state index in [0.717, 1.165) is 34.9 Å². The average molecular weight is 487 g/mol. The topological polar surface area (TPSA) is 93.5 Å². The number of Topliss-reactive ketones (excluding diaryl/α,β-unsaturated/α-hetero) is 1. The molecule has 2 heterocycles. The molecule has 0 saturated carbocycles. The van der Waals surface area contributed by atoms with Gasteiger partial charge in [0.15, 0.2) is 5.78 Å². The Bertz CT molecular complexity index is 1170. The summed E-state index contributed by atoms with van der Waals surface area (Å²) < 4.78 is 77.3.